The summed E-state index contributed by atoms with van der Waals surface area (Å²) >= 11 is 0. The smallest absolute Gasteiger partial charge is 0.337 e. The number of hydrogen-bond donors (Lipinski definition) is 2. The molecule has 36 heavy (non-hydrogen) atoms. The predicted molar refractivity (Wildman–Crippen MR) is 145 cm³/mol. The summed E-state index contributed by atoms with van der Waals surface area (Å²) in [6, 6.07) is 12.7. The number of esters is 1. The number of carbonyl (C=O) groups is 2. The molecular formula is C28H39N5O3. The van der Waals surface area contributed by atoms with E-state index in [9.17, 15) is 9.59 Å². The maximum atomic E-state index is 13.5. The van der Waals surface area contributed by atoms with Crippen molar-refractivity contribution in [3.63, 3.8) is 0 Å². The van der Waals surface area contributed by atoms with Crippen LogP contribution in [0.5, 0.6) is 0 Å². The van der Waals surface area contributed by atoms with Crippen LogP contribution in [0.25, 0.3) is 11.0 Å². The molecule has 3 rings (SSSR count). The minimum Gasteiger partial charge on any atom is -0.465 e. The third-order valence-electron chi connectivity index (χ3n) is 6.15. The van der Waals surface area contributed by atoms with Gasteiger partial charge in [0.2, 0.25) is 5.95 Å². The van der Waals surface area contributed by atoms with Gasteiger partial charge in [-0.1, -0.05) is 27.7 Å². The number of amides is 1. The van der Waals surface area contributed by atoms with Gasteiger partial charge in [0.1, 0.15) is 0 Å². The lowest BCUT2D eigenvalue weighted by molar-refractivity contribution is 0.0600. The summed E-state index contributed by atoms with van der Waals surface area (Å²) < 4.78 is 6.76. The van der Waals surface area contributed by atoms with Gasteiger partial charge in [0, 0.05) is 37.4 Å². The van der Waals surface area contributed by atoms with Crippen LogP contribution in [0.1, 0.15) is 61.3 Å². The molecule has 0 radical (unpaired) electrons. The molecule has 3 aromatic rings. The van der Waals surface area contributed by atoms with Crippen molar-refractivity contribution in [2.24, 2.45) is 17.6 Å². The van der Waals surface area contributed by atoms with E-state index in [4.69, 9.17) is 15.5 Å². The van der Waals surface area contributed by atoms with Crippen LogP contribution in [0.15, 0.2) is 42.5 Å². The van der Waals surface area contributed by atoms with Gasteiger partial charge in [0.05, 0.1) is 23.7 Å². The van der Waals surface area contributed by atoms with Gasteiger partial charge in [-0.25, -0.2) is 9.78 Å². The van der Waals surface area contributed by atoms with Gasteiger partial charge < -0.3 is 25.3 Å². The zero-order chi connectivity index (χ0) is 26.2. The molecule has 8 heteroatoms. The Morgan fingerprint density at radius 3 is 2.17 bits per heavy atom. The van der Waals surface area contributed by atoms with E-state index >= 15 is 0 Å². The molecule has 0 aliphatic carbocycles. The van der Waals surface area contributed by atoms with Gasteiger partial charge in [0.15, 0.2) is 0 Å². The normalized spacial score (nSPS) is 11.3. The van der Waals surface area contributed by atoms with Crippen LogP contribution in [-0.4, -0.2) is 53.1 Å². The number of anilines is 2. The SMILES string of the molecule is COC(=O)c1ccc(Nc2nc3ccc(C(=O)N(CCC(C)C)CCC(C)C)cc3n2CCN)cc1. The first-order valence-corrected chi connectivity index (χ1v) is 12.7. The predicted octanol–water partition coefficient (Wildman–Crippen LogP) is 5.06. The highest BCUT2D eigenvalue weighted by atomic mass is 16.5. The summed E-state index contributed by atoms with van der Waals surface area (Å²) in [7, 11) is 1.36. The van der Waals surface area contributed by atoms with Gasteiger partial charge in [-0.3, -0.25) is 4.79 Å². The summed E-state index contributed by atoms with van der Waals surface area (Å²) in [4.78, 5) is 32.0. The molecule has 0 unspecified atom stereocenters. The topological polar surface area (TPSA) is 102 Å². The number of imidazole rings is 1. The van der Waals surface area contributed by atoms with E-state index in [1.165, 1.54) is 7.11 Å². The number of aromatic nitrogens is 2. The number of nitrogens with two attached hydrogens (primary N) is 1. The number of nitrogens with zero attached hydrogens (tertiary/aromatic N) is 3. The Hall–Kier alpha value is -3.39. The number of fused-ring (bicyclic) bond motifs is 1. The fraction of sp³-hybridized carbons (Fsp3) is 0.464. The molecular weight excluding hydrogens is 454 g/mol. The van der Waals surface area contributed by atoms with Crippen molar-refractivity contribution in [1.29, 1.82) is 0 Å². The fourth-order valence-electron chi connectivity index (χ4n) is 3.97. The monoisotopic (exact) mass is 493 g/mol. The lowest BCUT2D eigenvalue weighted by Gasteiger charge is -2.24. The standard InChI is InChI=1S/C28H39N5O3/c1-19(2)12-15-32(16-13-20(3)4)26(34)22-8-11-24-25(18-22)33(17-14-29)28(31-24)30-23-9-6-21(7-10-23)27(35)36-5/h6-11,18-20H,12-17,29H2,1-5H3,(H,30,31). The number of hydrogen-bond acceptors (Lipinski definition) is 6. The first kappa shape index (κ1) is 27.2. The first-order chi connectivity index (χ1) is 17.2. The second kappa shape index (κ2) is 12.5. The molecule has 3 N–H and O–H groups in total. The first-order valence-electron chi connectivity index (χ1n) is 12.7. The quantitative estimate of drug-likeness (QED) is 0.342. The minimum absolute atomic E-state index is 0.0478. The van der Waals surface area contributed by atoms with Gasteiger partial charge in [-0.2, -0.15) is 0 Å². The van der Waals surface area contributed by atoms with Gasteiger partial charge in [-0.15, -0.1) is 0 Å². The second-order valence-corrected chi connectivity index (χ2v) is 9.93. The fourth-order valence-corrected chi connectivity index (χ4v) is 3.97. The zero-order valence-electron chi connectivity index (χ0n) is 22.1. The number of benzene rings is 2. The summed E-state index contributed by atoms with van der Waals surface area (Å²) in [5.41, 5.74) is 9.46. The maximum absolute atomic E-state index is 13.5. The van der Waals surface area contributed by atoms with Crippen molar-refractivity contribution in [3.8, 4) is 0 Å². The number of ether oxygens (including phenoxy) is 1. The highest BCUT2D eigenvalue weighted by molar-refractivity contribution is 5.98. The van der Waals surface area contributed by atoms with Crippen molar-refractivity contribution in [2.75, 3.05) is 32.1 Å². The van der Waals surface area contributed by atoms with Crippen LogP contribution < -0.4 is 11.1 Å². The molecule has 0 aliphatic heterocycles. The summed E-state index contributed by atoms with van der Waals surface area (Å²) in [6.07, 6.45) is 1.94. The van der Waals surface area contributed by atoms with Crippen LogP contribution in [0.3, 0.4) is 0 Å². The molecule has 0 saturated heterocycles. The highest BCUT2D eigenvalue weighted by Crippen LogP contribution is 2.25. The Labute approximate surface area is 213 Å². The van der Waals surface area contributed by atoms with E-state index in [0.29, 0.717) is 42.0 Å². The van der Waals surface area contributed by atoms with Gasteiger partial charge in [0.25, 0.3) is 5.91 Å². The summed E-state index contributed by atoms with van der Waals surface area (Å²) in [5.74, 6) is 1.35. The van der Waals surface area contributed by atoms with E-state index in [-0.39, 0.29) is 11.9 Å². The number of nitrogens with one attached hydrogen (secondary N) is 1. The number of rotatable bonds is 12. The van der Waals surface area contributed by atoms with Crippen molar-refractivity contribution >= 4 is 34.5 Å². The Morgan fingerprint density at radius 1 is 1.00 bits per heavy atom. The van der Waals surface area contributed by atoms with E-state index in [1.807, 2.05) is 27.7 Å². The molecule has 0 aliphatic rings. The van der Waals surface area contributed by atoms with E-state index < -0.39 is 0 Å². The second-order valence-electron chi connectivity index (χ2n) is 9.93. The molecule has 1 amide bonds. The number of carbonyl (C=O) groups excluding carboxylic acids is 2. The van der Waals surface area contributed by atoms with Crippen LogP contribution in [0.2, 0.25) is 0 Å². The van der Waals surface area contributed by atoms with Gasteiger partial charge >= 0.3 is 5.97 Å². The third-order valence-corrected chi connectivity index (χ3v) is 6.15. The number of methoxy groups -OCH3 is 1. The average Bonchev–Trinajstić information content (AvgIpc) is 3.19. The van der Waals surface area contributed by atoms with Crippen LogP contribution >= 0.6 is 0 Å². The lowest BCUT2D eigenvalue weighted by Crippen LogP contribution is -2.34. The van der Waals surface area contributed by atoms with E-state index in [2.05, 4.69) is 33.0 Å². The van der Waals surface area contributed by atoms with Crippen LogP contribution in [0.4, 0.5) is 11.6 Å². The van der Waals surface area contributed by atoms with Gasteiger partial charge in [-0.05, 0) is 67.1 Å². The molecule has 0 spiro atoms. The molecule has 2 aromatic carbocycles. The molecule has 1 aromatic heterocycles. The Balaban J connectivity index is 1.90. The highest BCUT2D eigenvalue weighted by Gasteiger charge is 2.19. The van der Waals surface area contributed by atoms with Crippen LogP contribution in [0, 0.1) is 11.8 Å². The molecule has 0 fully saturated rings. The van der Waals surface area contributed by atoms with E-state index in [1.54, 1.807) is 24.3 Å². The molecule has 1 heterocycles. The maximum Gasteiger partial charge on any atom is 0.337 e. The van der Waals surface area contributed by atoms with Crippen LogP contribution in [-0.2, 0) is 11.3 Å². The van der Waals surface area contributed by atoms with Crippen molar-refractivity contribution in [1.82, 2.24) is 14.5 Å². The molecule has 194 valence electrons. The molecule has 0 bridgehead atoms. The summed E-state index contributed by atoms with van der Waals surface area (Å²) in [5, 5.41) is 3.32. The van der Waals surface area contributed by atoms with Crippen molar-refractivity contribution < 1.29 is 14.3 Å². The molecule has 8 nitrogen and oxygen atoms in total. The Bertz CT molecular complexity index is 1160. The van der Waals surface area contributed by atoms with Crippen molar-refractivity contribution in [2.45, 2.75) is 47.1 Å². The Kier molecular flexibility index (Phi) is 9.47. The molecule has 0 saturated carbocycles. The third kappa shape index (κ3) is 6.85. The Morgan fingerprint density at radius 2 is 1.61 bits per heavy atom. The lowest BCUT2D eigenvalue weighted by atomic mass is 10.1. The summed E-state index contributed by atoms with van der Waals surface area (Å²) in [6.45, 7) is 11.2. The molecule has 0 atom stereocenters. The van der Waals surface area contributed by atoms with Crippen molar-refractivity contribution in [3.05, 3.63) is 53.6 Å². The van der Waals surface area contributed by atoms with E-state index in [0.717, 1.165) is 42.7 Å². The minimum atomic E-state index is -0.384. The zero-order valence-corrected chi connectivity index (χ0v) is 22.1. The average molecular weight is 494 g/mol. The largest absolute Gasteiger partial charge is 0.465 e.